The van der Waals surface area contributed by atoms with Crippen LogP contribution in [-0.2, 0) is 9.59 Å². The lowest BCUT2D eigenvalue weighted by Crippen LogP contribution is -2.40. The lowest BCUT2D eigenvalue weighted by molar-refractivity contribution is -0.126. The molecule has 1 heterocycles. The Morgan fingerprint density at radius 2 is 2.28 bits per heavy atom. The Morgan fingerprint density at radius 3 is 2.89 bits per heavy atom. The molecule has 1 atom stereocenters. The van der Waals surface area contributed by atoms with Gasteiger partial charge in [-0.15, -0.1) is 0 Å². The maximum atomic E-state index is 12.0. The molecule has 2 N–H and O–H groups in total. The van der Waals surface area contributed by atoms with Crippen molar-refractivity contribution in [3.05, 3.63) is 28.2 Å². The van der Waals surface area contributed by atoms with Crippen molar-refractivity contribution in [2.75, 3.05) is 11.9 Å². The van der Waals surface area contributed by atoms with Gasteiger partial charge in [-0.1, -0.05) is 22.0 Å². The summed E-state index contributed by atoms with van der Waals surface area (Å²) in [6.07, 6.45) is 1.04. The minimum atomic E-state index is -0.136. The molecule has 0 bridgehead atoms. The van der Waals surface area contributed by atoms with Gasteiger partial charge in [0.05, 0.1) is 5.92 Å². The molecule has 2 amide bonds. The number of halogens is 1. The Hall–Kier alpha value is -1.36. The monoisotopic (exact) mass is 310 g/mol. The molecule has 0 aromatic heterocycles. The molecule has 2 rings (SSSR count). The van der Waals surface area contributed by atoms with Crippen molar-refractivity contribution < 1.29 is 9.59 Å². The molecular weight excluding hydrogens is 296 g/mol. The van der Waals surface area contributed by atoms with E-state index < -0.39 is 0 Å². The Kier molecular flexibility index (Phi) is 4.01. The number of carbonyl (C=O) groups excluding carboxylic acids is 2. The van der Waals surface area contributed by atoms with E-state index in [-0.39, 0.29) is 17.7 Å². The lowest BCUT2D eigenvalue weighted by Gasteiger charge is -2.21. The number of hydrogen-bond acceptors (Lipinski definition) is 2. The van der Waals surface area contributed by atoms with Gasteiger partial charge in [0.15, 0.2) is 0 Å². The predicted octanol–water partition coefficient (Wildman–Crippen LogP) is 2.22. The first-order valence-corrected chi connectivity index (χ1v) is 6.69. The molecule has 96 valence electrons. The van der Waals surface area contributed by atoms with Gasteiger partial charge in [0.2, 0.25) is 11.8 Å². The maximum Gasteiger partial charge on any atom is 0.229 e. The van der Waals surface area contributed by atoms with Crippen LogP contribution in [0.25, 0.3) is 0 Å². The Bertz CT molecular complexity index is 478. The highest BCUT2D eigenvalue weighted by Gasteiger charge is 2.24. The van der Waals surface area contributed by atoms with Gasteiger partial charge in [-0.2, -0.15) is 0 Å². The number of anilines is 1. The summed E-state index contributed by atoms with van der Waals surface area (Å²) >= 11 is 3.43. The molecule has 1 unspecified atom stereocenters. The summed E-state index contributed by atoms with van der Waals surface area (Å²) < 4.78 is 0.970. The van der Waals surface area contributed by atoms with Crippen LogP contribution >= 0.6 is 15.9 Å². The van der Waals surface area contributed by atoms with Crippen LogP contribution in [-0.4, -0.2) is 18.4 Å². The highest BCUT2D eigenvalue weighted by molar-refractivity contribution is 9.10. The lowest BCUT2D eigenvalue weighted by atomic mass is 9.98. The third-order valence-electron chi connectivity index (χ3n) is 3.08. The standard InChI is InChI=1S/C13H15BrN2O2/c1-8-2-4-10(6-11(8)14)16-13(18)9-3-5-12(17)15-7-9/h2,4,6,9H,3,5,7H2,1H3,(H,15,17)(H,16,18). The maximum absolute atomic E-state index is 12.0. The van der Waals surface area contributed by atoms with Crippen molar-refractivity contribution in [1.29, 1.82) is 0 Å². The van der Waals surface area contributed by atoms with Gasteiger partial charge in [-0.25, -0.2) is 0 Å². The average molecular weight is 311 g/mol. The van der Waals surface area contributed by atoms with Crippen molar-refractivity contribution in [2.45, 2.75) is 19.8 Å². The smallest absolute Gasteiger partial charge is 0.229 e. The van der Waals surface area contributed by atoms with Crippen LogP contribution < -0.4 is 10.6 Å². The molecule has 0 saturated carbocycles. The van der Waals surface area contributed by atoms with E-state index in [1.165, 1.54) is 0 Å². The van der Waals surface area contributed by atoms with Crippen LogP contribution in [0, 0.1) is 12.8 Å². The molecule has 5 heteroatoms. The van der Waals surface area contributed by atoms with E-state index in [4.69, 9.17) is 0 Å². The summed E-state index contributed by atoms with van der Waals surface area (Å²) in [6, 6.07) is 5.70. The number of rotatable bonds is 2. The summed E-state index contributed by atoms with van der Waals surface area (Å²) in [5, 5.41) is 5.58. The first-order chi connectivity index (χ1) is 8.56. The van der Waals surface area contributed by atoms with Gasteiger partial charge in [0.1, 0.15) is 0 Å². The van der Waals surface area contributed by atoms with E-state index in [1.54, 1.807) is 0 Å². The van der Waals surface area contributed by atoms with Gasteiger partial charge >= 0.3 is 0 Å². The van der Waals surface area contributed by atoms with E-state index in [0.29, 0.717) is 19.4 Å². The van der Waals surface area contributed by atoms with E-state index in [1.807, 2.05) is 25.1 Å². The second kappa shape index (κ2) is 5.52. The molecule has 1 fully saturated rings. The Labute approximate surface area is 114 Å². The fraction of sp³-hybridized carbons (Fsp3) is 0.385. The molecule has 18 heavy (non-hydrogen) atoms. The minimum Gasteiger partial charge on any atom is -0.355 e. The summed E-state index contributed by atoms with van der Waals surface area (Å²) in [5.74, 6) is -0.148. The van der Waals surface area contributed by atoms with Gasteiger partial charge in [-0.05, 0) is 31.0 Å². The summed E-state index contributed by atoms with van der Waals surface area (Å²) in [4.78, 5) is 23.0. The molecule has 1 aliphatic rings. The molecule has 4 nitrogen and oxygen atoms in total. The summed E-state index contributed by atoms with van der Waals surface area (Å²) in [5.41, 5.74) is 1.90. The fourth-order valence-corrected chi connectivity index (χ4v) is 2.25. The van der Waals surface area contributed by atoms with E-state index in [2.05, 4.69) is 26.6 Å². The predicted molar refractivity (Wildman–Crippen MR) is 73.2 cm³/mol. The summed E-state index contributed by atoms with van der Waals surface area (Å²) in [7, 11) is 0. The second-order valence-electron chi connectivity index (χ2n) is 4.49. The van der Waals surface area contributed by atoms with Crippen molar-refractivity contribution in [3.8, 4) is 0 Å². The number of amides is 2. The minimum absolute atomic E-state index is 0.0251. The first-order valence-electron chi connectivity index (χ1n) is 5.90. The SMILES string of the molecule is Cc1ccc(NC(=O)C2CCC(=O)NC2)cc1Br. The zero-order valence-corrected chi connectivity index (χ0v) is 11.7. The zero-order valence-electron chi connectivity index (χ0n) is 10.1. The van der Waals surface area contributed by atoms with Crippen molar-refractivity contribution in [1.82, 2.24) is 5.32 Å². The van der Waals surface area contributed by atoms with Gasteiger partial charge in [-0.3, -0.25) is 9.59 Å². The average Bonchev–Trinajstić information content (AvgIpc) is 2.34. The molecule has 0 radical (unpaired) electrons. The molecular formula is C13H15BrN2O2. The molecule has 0 spiro atoms. The Morgan fingerprint density at radius 1 is 1.50 bits per heavy atom. The normalized spacial score (nSPS) is 19.2. The van der Waals surface area contributed by atoms with Gasteiger partial charge < -0.3 is 10.6 Å². The molecule has 1 aromatic carbocycles. The van der Waals surface area contributed by atoms with Crippen LogP contribution in [0.1, 0.15) is 18.4 Å². The highest BCUT2D eigenvalue weighted by atomic mass is 79.9. The van der Waals surface area contributed by atoms with Crippen molar-refractivity contribution >= 4 is 33.4 Å². The number of hydrogen-bond donors (Lipinski definition) is 2. The van der Waals surface area contributed by atoms with Gasteiger partial charge in [0, 0.05) is 23.1 Å². The van der Waals surface area contributed by atoms with Gasteiger partial charge in [0.25, 0.3) is 0 Å². The van der Waals surface area contributed by atoms with Crippen molar-refractivity contribution in [3.63, 3.8) is 0 Å². The van der Waals surface area contributed by atoms with Crippen LogP contribution in [0.15, 0.2) is 22.7 Å². The van der Waals surface area contributed by atoms with Crippen LogP contribution in [0.3, 0.4) is 0 Å². The fourth-order valence-electron chi connectivity index (χ4n) is 1.87. The van der Waals surface area contributed by atoms with Crippen LogP contribution in [0.5, 0.6) is 0 Å². The quantitative estimate of drug-likeness (QED) is 0.880. The van der Waals surface area contributed by atoms with Crippen LogP contribution in [0.2, 0.25) is 0 Å². The second-order valence-corrected chi connectivity index (χ2v) is 5.35. The first kappa shape index (κ1) is 13.1. The van der Waals surface area contributed by atoms with Crippen molar-refractivity contribution in [2.24, 2.45) is 5.92 Å². The van der Waals surface area contributed by atoms with Crippen LogP contribution in [0.4, 0.5) is 5.69 Å². The third kappa shape index (κ3) is 3.10. The zero-order chi connectivity index (χ0) is 13.1. The summed E-state index contributed by atoms with van der Waals surface area (Å²) in [6.45, 7) is 2.42. The number of nitrogens with one attached hydrogen (secondary N) is 2. The third-order valence-corrected chi connectivity index (χ3v) is 3.93. The van der Waals surface area contributed by atoms with E-state index >= 15 is 0 Å². The highest BCUT2D eigenvalue weighted by Crippen LogP contribution is 2.21. The number of aryl methyl sites for hydroxylation is 1. The molecule has 1 aromatic rings. The Balaban J connectivity index is 1.98. The number of benzene rings is 1. The molecule has 1 saturated heterocycles. The van der Waals surface area contributed by atoms with E-state index in [9.17, 15) is 9.59 Å². The molecule has 1 aliphatic heterocycles. The van der Waals surface area contributed by atoms with E-state index in [0.717, 1.165) is 15.7 Å². The molecule has 0 aliphatic carbocycles. The number of carbonyl (C=O) groups is 2. The number of piperidine rings is 1. The largest absolute Gasteiger partial charge is 0.355 e. The topological polar surface area (TPSA) is 58.2 Å².